The van der Waals surface area contributed by atoms with Gasteiger partial charge in [0.1, 0.15) is 0 Å². The van der Waals surface area contributed by atoms with E-state index in [2.05, 4.69) is 33.0 Å². The van der Waals surface area contributed by atoms with Gasteiger partial charge < -0.3 is 10.1 Å². The Balaban J connectivity index is 2.37. The first-order valence-corrected chi connectivity index (χ1v) is 6.47. The highest BCUT2D eigenvalue weighted by Gasteiger charge is 2.31. The second kappa shape index (κ2) is 5.86. The maximum atomic E-state index is 5.83. The van der Waals surface area contributed by atoms with Crippen LogP contribution in [-0.4, -0.2) is 24.8 Å². The summed E-state index contributed by atoms with van der Waals surface area (Å²) in [5.41, 5.74) is -0.0281. The standard InChI is InChI=1S/C13H27NO/c1-5-14-12(10-9-11-7-8-11)13(3,4)15-6-2/h11-12,14H,5-10H2,1-4H3. The molecule has 1 aliphatic rings. The largest absolute Gasteiger partial charge is 0.374 e. The van der Waals surface area contributed by atoms with Crippen molar-refractivity contribution >= 4 is 0 Å². The highest BCUT2D eigenvalue weighted by atomic mass is 16.5. The van der Waals surface area contributed by atoms with Crippen LogP contribution in [0.25, 0.3) is 0 Å². The highest BCUT2D eigenvalue weighted by Crippen LogP contribution is 2.35. The predicted molar refractivity (Wildman–Crippen MR) is 65.1 cm³/mol. The van der Waals surface area contributed by atoms with Crippen molar-refractivity contribution in [2.45, 2.75) is 65.0 Å². The summed E-state index contributed by atoms with van der Waals surface area (Å²) in [4.78, 5) is 0. The van der Waals surface area contributed by atoms with Crippen LogP contribution in [0.3, 0.4) is 0 Å². The van der Waals surface area contributed by atoms with Crippen LogP contribution in [0.1, 0.15) is 53.4 Å². The molecule has 0 amide bonds. The van der Waals surface area contributed by atoms with Crippen LogP contribution in [0.15, 0.2) is 0 Å². The third-order valence-electron chi connectivity index (χ3n) is 3.37. The average Bonchev–Trinajstić information content (AvgIpc) is 2.95. The van der Waals surface area contributed by atoms with Crippen molar-refractivity contribution in [3.63, 3.8) is 0 Å². The molecule has 0 aromatic heterocycles. The van der Waals surface area contributed by atoms with E-state index in [1.807, 2.05) is 0 Å². The fourth-order valence-corrected chi connectivity index (χ4v) is 2.22. The van der Waals surface area contributed by atoms with Crippen molar-refractivity contribution in [3.05, 3.63) is 0 Å². The van der Waals surface area contributed by atoms with Gasteiger partial charge in [-0.1, -0.05) is 19.8 Å². The van der Waals surface area contributed by atoms with Gasteiger partial charge in [0.2, 0.25) is 0 Å². The molecule has 0 aromatic rings. The molecule has 2 nitrogen and oxygen atoms in total. The van der Waals surface area contributed by atoms with E-state index in [1.54, 1.807) is 0 Å². The Hall–Kier alpha value is -0.0800. The molecule has 1 fully saturated rings. The van der Waals surface area contributed by atoms with Crippen LogP contribution in [0.2, 0.25) is 0 Å². The Bertz CT molecular complexity index is 175. The van der Waals surface area contributed by atoms with Crippen LogP contribution in [0, 0.1) is 5.92 Å². The SMILES string of the molecule is CCNC(CCC1CC1)C(C)(C)OCC. The zero-order valence-corrected chi connectivity index (χ0v) is 10.8. The van der Waals surface area contributed by atoms with Gasteiger partial charge in [0.05, 0.1) is 5.60 Å². The average molecular weight is 213 g/mol. The minimum absolute atomic E-state index is 0.0281. The molecule has 15 heavy (non-hydrogen) atoms. The molecule has 2 heteroatoms. The molecular formula is C13H27NO. The molecule has 0 aromatic carbocycles. The van der Waals surface area contributed by atoms with Crippen LogP contribution in [0.4, 0.5) is 0 Å². The number of hydrogen-bond donors (Lipinski definition) is 1. The van der Waals surface area contributed by atoms with Gasteiger partial charge in [-0.15, -0.1) is 0 Å². The smallest absolute Gasteiger partial charge is 0.0778 e. The Morgan fingerprint density at radius 1 is 1.33 bits per heavy atom. The van der Waals surface area contributed by atoms with Crippen LogP contribution >= 0.6 is 0 Å². The van der Waals surface area contributed by atoms with Crippen molar-refractivity contribution in [3.8, 4) is 0 Å². The van der Waals surface area contributed by atoms with Crippen molar-refractivity contribution in [1.82, 2.24) is 5.32 Å². The van der Waals surface area contributed by atoms with E-state index in [0.717, 1.165) is 19.1 Å². The lowest BCUT2D eigenvalue weighted by Crippen LogP contribution is -2.48. The fourth-order valence-electron chi connectivity index (χ4n) is 2.22. The third-order valence-corrected chi connectivity index (χ3v) is 3.37. The number of nitrogens with one attached hydrogen (secondary N) is 1. The molecule has 90 valence electrons. The van der Waals surface area contributed by atoms with E-state index in [9.17, 15) is 0 Å². The molecular weight excluding hydrogens is 186 g/mol. The zero-order valence-electron chi connectivity index (χ0n) is 10.8. The van der Waals surface area contributed by atoms with Gasteiger partial charge >= 0.3 is 0 Å². The molecule has 1 rings (SSSR count). The normalized spacial score (nSPS) is 19.2. The molecule has 0 bridgehead atoms. The summed E-state index contributed by atoms with van der Waals surface area (Å²) in [5.74, 6) is 1.02. The van der Waals surface area contributed by atoms with Gasteiger partial charge in [-0.3, -0.25) is 0 Å². The number of rotatable bonds is 8. The Morgan fingerprint density at radius 2 is 2.00 bits per heavy atom. The Labute approximate surface area is 94.8 Å². The maximum absolute atomic E-state index is 5.83. The fraction of sp³-hybridized carbons (Fsp3) is 1.00. The lowest BCUT2D eigenvalue weighted by molar-refractivity contribution is -0.0404. The zero-order chi connectivity index (χ0) is 11.3. The van der Waals surface area contributed by atoms with Gasteiger partial charge in [0.25, 0.3) is 0 Å². The third kappa shape index (κ3) is 4.52. The van der Waals surface area contributed by atoms with E-state index in [1.165, 1.54) is 25.7 Å². The minimum atomic E-state index is -0.0281. The Morgan fingerprint density at radius 3 is 2.47 bits per heavy atom. The van der Waals surface area contributed by atoms with Gasteiger partial charge in [0.15, 0.2) is 0 Å². The summed E-state index contributed by atoms with van der Waals surface area (Å²) in [6.07, 6.45) is 5.53. The monoisotopic (exact) mass is 213 g/mol. The first-order chi connectivity index (χ1) is 7.10. The van der Waals surface area contributed by atoms with E-state index < -0.39 is 0 Å². The second-order valence-electron chi connectivity index (χ2n) is 5.17. The predicted octanol–water partition coefficient (Wildman–Crippen LogP) is 2.97. The van der Waals surface area contributed by atoms with Crippen molar-refractivity contribution in [2.24, 2.45) is 5.92 Å². The molecule has 0 heterocycles. The summed E-state index contributed by atoms with van der Waals surface area (Å²) in [6, 6.07) is 0.503. The van der Waals surface area contributed by atoms with Crippen LogP contribution in [-0.2, 0) is 4.74 Å². The van der Waals surface area contributed by atoms with Crippen molar-refractivity contribution in [1.29, 1.82) is 0 Å². The Kier molecular flexibility index (Phi) is 5.07. The molecule has 0 saturated heterocycles. The summed E-state index contributed by atoms with van der Waals surface area (Å²) in [6.45, 7) is 10.5. The molecule has 0 aliphatic heterocycles. The van der Waals surface area contributed by atoms with Crippen molar-refractivity contribution in [2.75, 3.05) is 13.2 Å². The van der Waals surface area contributed by atoms with E-state index >= 15 is 0 Å². The second-order valence-corrected chi connectivity index (χ2v) is 5.17. The number of ether oxygens (including phenoxy) is 1. The minimum Gasteiger partial charge on any atom is -0.374 e. The van der Waals surface area contributed by atoms with Crippen LogP contribution < -0.4 is 5.32 Å². The number of hydrogen-bond acceptors (Lipinski definition) is 2. The quantitative estimate of drug-likeness (QED) is 0.669. The van der Waals surface area contributed by atoms with Gasteiger partial charge in [-0.25, -0.2) is 0 Å². The molecule has 1 saturated carbocycles. The first kappa shape index (κ1) is 13.0. The highest BCUT2D eigenvalue weighted by molar-refractivity contribution is 4.87. The topological polar surface area (TPSA) is 21.3 Å². The van der Waals surface area contributed by atoms with Gasteiger partial charge in [0, 0.05) is 12.6 Å². The van der Waals surface area contributed by atoms with Crippen molar-refractivity contribution < 1.29 is 4.74 Å². The first-order valence-electron chi connectivity index (χ1n) is 6.47. The summed E-state index contributed by atoms with van der Waals surface area (Å²) in [7, 11) is 0. The van der Waals surface area contributed by atoms with Gasteiger partial charge in [-0.2, -0.15) is 0 Å². The molecule has 0 spiro atoms. The summed E-state index contributed by atoms with van der Waals surface area (Å²) < 4.78 is 5.83. The van der Waals surface area contributed by atoms with E-state index in [4.69, 9.17) is 4.74 Å². The lowest BCUT2D eigenvalue weighted by atomic mass is 9.93. The molecule has 1 aliphatic carbocycles. The molecule has 1 unspecified atom stereocenters. The van der Waals surface area contributed by atoms with Gasteiger partial charge in [-0.05, 0) is 46.1 Å². The molecule has 1 atom stereocenters. The van der Waals surface area contributed by atoms with E-state index in [-0.39, 0.29) is 5.60 Å². The summed E-state index contributed by atoms with van der Waals surface area (Å²) >= 11 is 0. The summed E-state index contributed by atoms with van der Waals surface area (Å²) in [5, 5.41) is 3.57. The van der Waals surface area contributed by atoms with E-state index in [0.29, 0.717) is 6.04 Å². The lowest BCUT2D eigenvalue weighted by Gasteiger charge is -2.35. The number of likely N-dealkylation sites (N-methyl/N-ethyl adjacent to an activating group) is 1. The molecule has 0 radical (unpaired) electrons. The maximum Gasteiger partial charge on any atom is 0.0778 e. The molecule has 1 N–H and O–H groups in total. The van der Waals surface area contributed by atoms with Crippen LogP contribution in [0.5, 0.6) is 0 Å².